The van der Waals surface area contributed by atoms with E-state index in [-0.39, 0.29) is 17.8 Å². The molecule has 0 bridgehead atoms. The number of hydrogen-bond acceptors (Lipinski definition) is 4. The predicted molar refractivity (Wildman–Crippen MR) is 166 cm³/mol. The van der Waals surface area contributed by atoms with Gasteiger partial charge in [-0.1, -0.05) is 36.4 Å². The maximum absolute atomic E-state index is 13.5. The van der Waals surface area contributed by atoms with Crippen molar-refractivity contribution in [2.24, 2.45) is 5.73 Å². The molecule has 2 heterocycles. The van der Waals surface area contributed by atoms with Crippen molar-refractivity contribution in [3.05, 3.63) is 101 Å². The van der Waals surface area contributed by atoms with Crippen molar-refractivity contribution in [3.8, 4) is 11.1 Å². The van der Waals surface area contributed by atoms with Gasteiger partial charge in [0, 0.05) is 59.8 Å². The van der Waals surface area contributed by atoms with Crippen molar-refractivity contribution in [3.63, 3.8) is 0 Å². The Hall–Kier alpha value is -4.69. The summed E-state index contributed by atoms with van der Waals surface area (Å²) in [6.07, 6.45) is 0. The summed E-state index contributed by atoms with van der Waals surface area (Å²) < 4.78 is 13.5. The number of nitrogens with zero attached hydrogens (tertiary/aromatic N) is 2. The van der Waals surface area contributed by atoms with Gasteiger partial charge in [0.05, 0.1) is 11.1 Å². The highest BCUT2D eigenvalue weighted by Crippen LogP contribution is 2.40. The van der Waals surface area contributed by atoms with Gasteiger partial charge in [-0.05, 0) is 79.5 Å². The molecule has 7 nitrogen and oxygen atoms in total. The molecule has 0 radical (unpaired) electrons. The van der Waals surface area contributed by atoms with Gasteiger partial charge >= 0.3 is 0 Å². The molecular weight excluding hydrogens is 529 g/mol. The van der Waals surface area contributed by atoms with Crippen LogP contribution in [0, 0.1) is 12.7 Å². The second-order valence-corrected chi connectivity index (χ2v) is 11.2. The molecular formula is C34H34FN5O2. The van der Waals surface area contributed by atoms with Gasteiger partial charge in [0.15, 0.2) is 0 Å². The van der Waals surface area contributed by atoms with E-state index in [2.05, 4.69) is 35.2 Å². The molecule has 0 aliphatic carbocycles. The zero-order valence-electron chi connectivity index (χ0n) is 24.0. The van der Waals surface area contributed by atoms with Gasteiger partial charge in [0.1, 0.15) is 5.82 Å². The van der Waals surface area contributed by atoms with E-state index >= 15 is 0 Å². The van der Waals surface area contributed by atoms with Crippen LogP contribution in [0.4, 0.5) is 10.1 Å². The molecule has 1 aliphatic heterocycles. The minimum absolute atomic E-state index is 0.00361. The molecule has 1 fully saturated rings. The number of carbonyl (C=O) groups excluding carboxylic acids is 2. The van der Waals surface area contributed by atoms with Crippen LogP contribution < -0.4 is 11.1 Å². The number of nitrogens with one attached hydrogen (secondary N) is 2. The number of rotatable bonds is 6. The van der Waals surface area contributed by atoms with Crippen molar-refractivity contribution < 1.29 is 14.0 Å². The van der Waals surface area contributed by atoms with Gasteiger partial charge in [0.25, 0.3) is 11.8 Å². The topological polar surface area (TPSA) is 94.5 Å². The summed E-state index contributed by atoms with van der Waals surface area (Å²) in [4.78, 5) is 33.3. The van der Waals surface area contributed by atoms with Gasteiger partial charge in [-0.2, -0.15) is 0 Å². The first kappa shape index (κ1) is 27.5. The number of nitrogens with two attached hydrogens (primary N) is 1. The molecule has 6 rings (SSSR count). The van der Waals surface area contributed by atoms with E-state index in [1.165, 1.54) is 12.1 Å². The largest absolute Gasteiger partial charge is 0.378 e. The summed E-state index contributed by atoms with van der Waals surface area (Å²) in [6, 6.07) is 21.9. The van der Waals surface area contributed by atoms with Crippen LogP contribution in [0.2, 0.25) is 0 Å². The van der Waals surface area contributed by atoms with Gasteiger partial charge in [0.2, 0.25) is 0 Å². The molecule has 42 heavy (non-hydrogen) atoms. The first-order chi connectivity index (χ1) is 20.2. The summed E-state index contributed by atoms with van der Waals surface area (Å²) in [7, 11) is 2.06. The number of likely N-dealkylation sites (N-methyl/N-ethyl adjacent to an activating group) is 1. The van der Waals surface area contributed by atoms with E-state index in [1.54, 1.807) is 18.2 Å². The lowest BCUT2D eigenvalue weighted by Gasteiger charge is -2.32. The van der Waals surface area contributed by atoms with Crippen LogP contribution in [0.15, 0.2) is 72.8 Å². The van der Waals surface area contributed by atoms with Crippen LogP contribution >= 0.6 is 0 Å². The Labute approximate surface area is 244 Å². The molecule has 1 aliphatic rings. The third-order valence-electron chi connectivity index (χ3n) is 8.42. The Balaban J connectivity index is 1.43. The van der Waals surface area contributed by atoms with Gasteiger partial charge in [-0.15, -0.1) is 0 Å². The molecule has 4 aromatic carbocycles. The third-order valence-corrected chi connectivity index (χ3v) is 8.42. The Bertz CT molecular complexity index is 1820. The molecule has 1 aromatic heterocycles. The Morgan fingerprint density at radius 1 is 0.952 bits per heavy atom. The van der Waals surface area contributed by atoms with E-state index < -0.39 is 5.91 Å². The van der Waals surface area contributed by atoms with Crippen LogP contribution in [0.25, 0.3) is 32.9 Å². The second-order valence-electron chi connectivity index (χ2n) is 11.2. The summed E-state index contributed by atoms with van der Waals surface area (Å²) >= 11 is 0. The summed E-state index contributed by atoms with van der Waals surface area (Å²) in [5.74, 6) is -0.780. The highest BCUT2D eigenvalue weighted by atomic mass is 19.1. The number of amides is 2. The zero-order valence-corrected chi connectivity index (χ0v) is 24.0. The fourth-order valence-corrected chi connectivity index (χ4v) is 5.92. The number of carbonyl (C=O) groups is 2. The first-order valence-electron chi connectivity index (χ1n) is 14.2. The maximum atomic E-state index is 13.5. The van der Waals surface area contributed by atoms with Crippen molar-refractivity contribution in [1.82, 2.24) is 14.8 Å². The number of anilines is 1. The van der Waals surface area contributed by atoms with Gasteiger partial charge in [-0.25, -0.2) is 4.39 Å². The zero-order chi connectivity index (χ0) is 29.5. The number of aromatic nitrogens is 1. The van der Waals surface area contributed by atoms with Crippen LogP contribution in [0.3, 0.4) is 0 Å². The molecule has 0 spiro atoms. The van der Waals surface area contributed by atoms with Crippen LogP contribution in [-0.2, 0) is 0 Å². The molecule has 1 saturated heterocycles. The van der Waals surface area contributed by atoms with E-state index in [1.807, 2.05) is 48.2 Å². The smallest absolute Gasteiger partial charge is 0.254 e. The summed E-state index contributed by atoms with van der Waals surface area (Å²) in [5, 5.41) is 5.36. The lowest BCUT2D eigenvalue weighted by molar-refractivity contribution is 0.0664. The van der Waals surface area contributed by atoms with Gasteiger partial charge in [-0.3, -0.25) is 9.59 Å². The molecule has 4 N–H and O–H groups in total. The second kappa shape index (κ2) is 10.9. The number of H-pyrrole nitrogens is 1. The van der Waals surface area contributed by atoms with Crippen LogP contribution in [-0.4, -0.2) is 59.8 Å². The molecule has 214 valence electrons. The van der Waals surface area contributed by atoms with Gasteiger partial charge < -0.3 is 25.8 Å². The van der Waals surface area contributed by atoms with Crippen molar-refractivity contribution in [2.45, 2.75) is 19.9 Å². The summed E-state index contributed by atoms with van der Waals surface area (Å²) in [5.41, 5.74) is 13.2. The summed E-state index contributed by atoms with van der Waals surface area (Å²) in [6.45, 7) is 7.19. The minimum atomic E-state index is -0.521. The molecule has 5 aromatic rings. The van der Waals surface area contributed by atoms with Crippen molar-refractivity contribution in [2.75, 3.05) is 38.5 Å². The van der Waals surface area contributed by atoms with Crippen LogP contribution in [0.5, 0.6) is 0 Å². The van der Waals surface area contributed by atoms with E-state index in [4.69, 9.17) is 5.73 Å². The maximum Gasteiger partial charge on any atom is 0.254 e. The molecule has 8 heteroatoms. The number of primary amides is 1. The Morgan fingerprint density at radius 2 is 1.69 bits per heavy atom. The van der Waals surface area contributed by atoms with Crippen molar-refractivity contribution >= 4 is 39.3 Å². The first-order valence-corrected chi connectivity index (χ1v) is 14.2. The third kappa shape index (κ3) is 4.99. The van der Waals surface area contributed by atoms with Crippen LogP contribution in [0.1, 0.15) is 44.8 Å². The Morgan fingerprint density at radius 3 is 2.40 bits per heavy atom. The molecule has 1 atom stereocenters. The highest BCUT2D eigenvalue weighted by Gasteiger charge is 2.23. The lowest BCUT2D eigenvalue weighted by atomic mass is 9.93. The van der Waals surface area contributed by atoms with E-state index in [9.17, 15) is 14.0 Å². The molecule has 2 amide bonds. The normalized spacial score (nSPS) is 14.8. The number of halogens is 1. The standard InChI is InChI=1S/C34H34FN5O2/c1-20-25(5-4-6-29(20)37-21(2)22-7-10-24(35)11-8-22)26-13-14-28(33(36)41)32-31(26)27-12-9-23(19-30(27)38-32)34(42)40-17-15-39(3)16-18-40/h4-14,19,21,37-38H,15-18H2,1-3H3,(H2,36,41). The number of piperazine rings is 1. The monoisotopic (exact) mass is 563 g/mol. The fraction of sp³-hybridized carbons (Fsp3) is 0.235. The quantitative estimate of drug-likeness (QED) is 0.233. The predicted octanol–water partition coefficient (Wildman–Crippen LogP) is 6.10. The van der Waals surface area contributed by atoms with Crippen molar-refractivity contribution in [1.29, 1.82) is 0 Å². The highest BCUT2D eigenvalue weighted by molar-refractivity contribution is 6.20. The molecule has 0 saturated carbocycles. The number of fused-ring (bicyclic) bond motifs is 3. The number of benzene rings is 4. The fourth-order valence-electron chi connectivity index (χ4n) is 5.92. The van der Waals surface area contributed by atoms with E-state index in [0.717, 1.165) is 57.3 Å². The van der Waals surface area contributed by atoms with E-state index in [0.29, 0.717) is 29.7 Å². The Kier molecular flexibility index (Phi) is 7.16. The molecule has 1 unspecified atom stereocenters. The SMILES string of the molecule is Cc1c(NC(C)c2ccc(F)cc2)cccc1-c1ccc(C(N)=O)c2[nH]c3cc(C(=O)N4CCN(C)CC4)ccc3c12. The minimum Gasteiger partial charge on any atom is -0.378 e. The number of aromatic amines is 1. The average Bonchev–Trinajstić information content (AvgIpc) is 3.37. The number of hydrogen-bond donors (Lipinski definition) is 3. The lowest BCUT2D eigenvalue weighted by Crippen LogP contribution is -2.47. The average molecular weight is 564 g/mol.